The first-order valence-electron chi connectivity index (χ1n) is 5.53. The van der Waals surface area contributed by atoms with E-state index in [4.69, 9.17) is 0 Å². The lowest BCUT2D eigenvalue weighted by Gasteiger charge is -2.13. The minimum atomic E-state index is -0.586. The molecule has 0 radical (unpaired) electrons. The molecule has 1 aromatic rings. The molecule has 1 aliphatic rings. The van der Waals surface area contributed by atoms with Gasteiger partial charge in [-0.2, -0.15) is 0 Å². The van der Waals surface area contributed by atoms with Gasteiger partial charge in [0, 0.05) is 12.1 Å². The van der Waals surface area contributed by atoms with E-state index in [1.165, 1.54) is 24.3 Å². The predicted molar refractivity (Wildman–Crippen MR) is 63.0 cm³/mol. The molecule has 1 aliphatic heterocycles. The minimum absolute atomic E-state index is 0.0295. The van der Waals surface area contributed by atoms with Crippen molar-refractivity contribution in [2.45, 2.75) is 6.42 Å². The number of amides is 2. The van der Waals surface area contributed by atoms with Crippen molar-refractivity contribution in [3.05, 3.63) is 39.9 Å². The van der Waals surface area contributed by atoms with Crippen LogP contribution >= 0.6 is 0 Å². The molecule has 100 valence electrons. The van der Waals surface area contributed by atoms with Crippen molar-refractivity contribution in [2.75, 3.05) is 13.2 Å². The van der Waals surface area contributed by atoms with E-state index in [9.17, 15) is 19.7 Å². The molecule has 0 atom stereocenters. The summed E-state index contributed by atoms with van der Waals surface area (Å²) in [7, 11) is 0. The van der Waals surface area contributed by atoms with Gasteiger partial charge in [-0.3, -0.25) is 20.3 Å². The first kappa shape index (κ1) is 12.8. The standard InChI is InChI=1S/C11H11N3O5/c15-10(12-13-5-6-19-11(13)16)7-8-1-3-9(4-2-8)14(17)18/h1-4H,5-7H2,(H,12,15). The van der Waals surface area contributed by atoms with Crippen LogP contribution in [0.1, 0.15) is 5.56 Å². The van der Waals surface area contributed by atoms with E-state index in [-0.39, 0.29) is 24.6 Å². The second-order valence-electron chi connectivity index (χ2n) is 3.90. The molecule has 0 spiro atoms. The largest absolute Gasteiger partial charge is 0.446 e. The Bertz CT molecular complexity index is 514. The molecule has 8 heteroatoms. The van der Waals surface area contributed by atoms with Gasteiger partial charge >= 0.3 is 6.09 Å². The zero-order valence-corrected chi connectivity index (χ0v) is 9.87. The van der Waals surface area contributed by atoms with E-state index in [0.717, 1.165) is 5.01 Å². The molecule has 1 aromatic carbocycles. The molecule has 19 heavy (non-hydrogen) atoms. The quantitative estimate of drug-likeness (QED) is 0.635. The normalized spacial score (nSPS) is 14.1. The van der Waals surface area contributed by atoms with Crippen LogP contribution in [-0.4, -0.2) is 35.1 Å². The van der Waals surface area contributed by atoms with Crippen LogP contribution in [0.5, 0.6) is 0 Å². The van der Waals surface area contributed by atoms with Gasteiger partial charge in [0.2, 0.25) is 5.91 Å². The Balaban J connectivity index is 1.91. The number of nitro groups is 1. The number of carbonyl (C=O) groups is 2. The first-order valence-corrected chi connectivity index (χ1v) is 5.53. The van der Waals surface area contributed by atoms with Crippen LogP contribution in [0, 0.1) is 10.1 Å². The highest BCUT2D eigenvalue weighted by Crippen LogP contribution is 2.12. The van der Waals surface area contributed by atoms with Crippen LogP contribution in [0.25, 0.3) is 0 Å². The summed E-state index contributed by atoms with van der Waals surface area (Å²) >= 11 is 0. The van der Waals surface area contributed by atoms with E-state index in [0.29, 0.717) is 12.1 Å². The molecule has 1 N–H and O–H groups in total. The van der Waals surface area contributed by atoms with Crippen LogP contribution < -0.4 is 5.43 Å². The Hall–Kier alpha value is -2.64. The van der Waals surface area contributed by atoms with Crippen molar-refractivity contribution in [2.24, 2.45) is 0 Å². The smallest absolute Gasteiger partial charge is 0.428 e. The lowest BCUT2D eigenvalue weighted by atomic mass is 10.1. The lowest BCUT2D eigenvalue weighted by molar-refractivity contribution is -0.384. The monoisotopic (exact) mass is 265 g/mol. The highest BCUT2D eigenvalue weighted by atomic mass is 16.6. The molecule has 0 unspecified atom stereocenters. The van der Waals surface area contributed by atoms with Crippen molar-refractivity contribution in [3.63, 3.8) is 0 Å². The predicted octanol–water partition coefficient (Wildman–Crippen LogP) is 0.621. The molecule has 2 rings (SSSR count). The summed E-state index contributed by atoms with van der Waals surface area (Å²) in [6, 6.07) is 5.65. The van der Waals surface area contributed by atoms with Gasteiger partial charge in [-0.15, -0.1) is 0 Å². The number of nitrogens with zero attached hydrogens (tertiary/aromatic N) is 2. The van der Waals surface area contributed by atoms with Gasteiger partial charge in [0.05, 0.1) is 17.9 Å². The van der Waals surface area contributed by atoms with E-state index in [1.807, 2.05) is 0 Å². The topological polar surface area (TPSA) is 102 Å². The van der Waals surface area contributed by atoms with Crippen LogP contribution in [0.2, 0.25) is 0 Å². The zero-order valence-electron chi connectivity index (χ0n) is 9.87. The van der Waals surface area contributed by atoms with Gasteiger partial charge < -0.3 is 4.74 Å². The minimum Gasteiger partial charge on any atom is -0.446 e. The second kappa shape index (κ2) is 5.34. The van der Waals surface area contributed by atoms with Crippen molar-refractivity contribution in [3.8, 4) is 0 Å². The van der Waals surface area contributed by atoms with Crippen molar-refractivity contribution in [1.29, 1.82) is 0 Å². The van der Waals surface area contributed by atoms with Gasteiger partial charge in [-0.25, -0.2) is 9.80 Å². The molecule has 0 aliphatic carbocycles. The Morgan fingerprint density at radius 2 is 2.11 bits per heavy atom. The summed E-state index contributed by atoms with van der Waals surface area (Å²) in [6.07, 6.45) is -0.557. The zero-order chi connectivity index (χ0) is 13.8. The summed E-state index contributed by atoms with van der Waals surface area (Å²) in [5.74, 6) is -0.382. The maximum atomic E-state index is 11.6. The van der Waals surface area contributed by atoms with E-state index in [2.05, 4.69) is 10.2 Å². The van der Waals surface area contributed by atoms with Crippen LogP contribution in [0.4, 0.5) is 10.5 Å². The number of hydrogen-bond donors (Lipinski definition) is 1. The lowest BCUT2D eigenvalue weighted by Crippen LogP contribution is -2.43. The maximum absolute atomic E-state index is 11.6. The van der Waals surface area contributed by atoms with Crippen LogP contribution in [0.3, 0.4) is 0 Å². The number of carbonyl (C=O) groups excluding carboxylic acids is 2. The van der Waals surface area contributed by atoms with Gasteiger partial charge in [0.15, 0.2) is 0 Å². The Kier molecular flexibility index (Phi) is 3.60. The fraction of sp³-hybridized carbons (Fsp3) is 0.273. The number of hydrazine groups is 1. The fourth-order valence-corrected chi connectivity index (χ4v) is 1.61. The number of non-ortho nitro benzene ring substituents is 1. The summed E-state index contributed by atoms with van der Waals surface area (Å²) < 4.78 is 4.66. The van der Waals surface area contributed by atoms with E-state index >= 15 is 0 Å². The Morgan fingerprint density at radius 3 is 2.63 bits per heavy atom. The van der Waals surface area contributed by atoms with Crippen molar-refractivity contribution >= 4 is 17.7 Å². The molecule has 0 bridgehead atoms. The first-order chi connectivity index (χ1) is 9.06. The Labute approximate surface area is 108 Å². The van der Waals surface area contributed by atoms with Crippen molar-refractivity contribution in [1.82, 2.24) is 10.4 Å². The number of rotatable bonds is 4. The summed E-state index contributed by atoms with van der Waals surface area (Å²) in [5.41, 5.74) is 2.99. The molecule has 0 aromatic heterocycles. The average molecular weight is 265 g/mol. The van der Waals surface area contributed by atoms with E-state index < -0.39 is 11.0 Å². The summed E-state index contributed by atoms with van der Waals surface area (Å²) in [5, 5.41) is 11.6. The van der Waals surface area contributed by atoms with E-state index in [1.54, 1.807) is 0 Å². The summed E-state index contributed by atoms with van der Waals surface area (Å²) in [6.45, 7) is 0.557. The van der Waals surface area contributed by atoms with Crippen molar-refractivity contribution < 1.29 is 19.2 Å². The third kappa shape index (κ3) is 3.18. The second-order valence-corrected chi connectivity index (χ2v) is 3.90. The highest BCUT2D eigenvalue weighted by molar-refractivity contribution is 5.81. The molecule has 1 heterocycles. The number of nitro benzene ring substituents is 1. The number of cyclic esters (lactones) is 1. The van der Waals surface area contributed by atoms with Gasteiger partial charge in [-0.05, 0) is 5.56 Å². The molecule has 8 nitrogen and oxygen atoms in total. The Morgan fingerprint density at radius 1 is 1.42 bits per heavy atom. The molecular formula is C11H11N3O5. The SMILES string of the molecule is O=C(Cc1ccc([N+](=O)[O-])cc1)NN1CCOC1=O. The van der Waals surface area contributed by atoms with Gasteiger partial charge in [-0.1, -0.05) is 12.1 Å². The fourth-order valence-electron chi connectivity index (χ4n) is 1.61. The highest BCUT2D eigenvalue weighted by Gasteiger charge is 2.23. The van der Waals surface area contributed by atoms with Gasteiger partial charge in [0.25, 0.3) is 5.69 Å². The molecule has 1 fully saturated rings. The molecule has 2 amide bonds. The third-order valence-electron chi connectivity index (χ3n) is 2.53. The van der Waals surface area contributed by atoms with Gasteiger partial charge in [0.1, 0.15) is 6.61 Å². The number of benzene rings is 1. The maximum Gasteiger partial charge on any atom is 0.428 e. The number of hydrogen-bond acceptors (Lipinski definition) is 5. The number of ether oxygens (including phenoxy) is 1. The van der Waals surface area contributed by atoms with Crippen LogP contribution in [0.15, 0.2) is 24.3 Å². The van der Waals surface area contributed by atoms with Crippen LogP contribution in [-0.2, 0) is 16.0 Å². The summed E-state index contributed by atoms with van der Waals surface area (Å²) in [4.78, 5) is 32.7. The number of nitrogens with one attached hydrogen (secondary N) is 1. The molecular weight excluding hydrogens is 254 g/mol. The molecule has 1 saturated heterocycles. The average Bonchev–Trinajstić information content (AvgIpc) is 2.75. The molecule has 0 saturated carbocycles. The third-order valence-corrected chi connectivity index (χ3v) is 2.53.